The molecule has 13 rings (SSSR count). The van der Waals surface area contributed by atoms with E-state index in [4.69, 9.17) is 0 Å². The zero-order valence-corrected chi connectivity index (χ0v) is 30.6. The summed E-state index contributed by atoms with van der Waals surface area (Å²) in [6.45, 7) is 0. The van der Waals surface area contributed by atoms with Gasteiger partial charge >= 0.3 is 0 Å². The van der Waals surface area contributed by atoms with Crippen molar-refractivity contribution in [2.45, 2.75) is 75.0 Å². The summed E-state index contributed by atoms with van der Waals surface area (Å²) in [5, 5.41) is 0. The van der Waals surface area contributed by atoms with Crippen LogP contribution in [0.3, 0.4) is 0 Å². The number of rotatable bonds is 4. The number of anilines is 3. The van der Waals surface area contributed by atoms with E-state index in [1.54, 1.807) is 22.3 Å². The van der Waals surface area contributed by atoms with Crippen molar-refractivity contribution >= 4 is 17.1 Å². The molecule has 0 saturated heterocycles. The number of fused-ring (bicyclic) bond motifs is 8. The van der Waals surface area contributed by atoms with E-state index in [0.29, 0.717) is 11.8 Å². The fraction of sp³-hybridized carbons (Fsp3) is 0.308. The largest absolute Gasteiger partial charge is 0.310 e. The number of nitrogens with zero attached hydrogens (tertiary/aromatic N) is 1. The standard InChI is InChI=1S/C52H47N/c1-3-12-36(13-4-1)37-20-22-40(23-21-37)53(41-24-25-44-42-14-5-7-17-46(42)51(48(44)33-41)26-9-2-10-27-51)49-19-11-16-45-43-15-6-8-18-47(43)52(50(45)49)38-29-34-28-35(31-38)32-39(52)30-34/h1,3-8,11-25,33-35,38-39H,2,9-10,26-32H2. The summed E-state index contributed by atoms with van der Waals surface area (Å²) in [5.41, 5.74) is 18.9. The SMILES string of the molecule is c1ccc(-c2ccc(N(c3ccc4c(c3)C3(CCCCC3)c3ccccc3-4)c3cccc4c3C3(c5ccccc5-4)C4CC5CC(C4)CC3C5)cc2)cc1. The van der Waals surface area contributed by atoms with Gasteiger partial charge in [-0.1, -0.05) is 128 Å². The third-order valence-electron chi connectivity index (χ3n) is 15.2. The van der Waals surface area contributed by atoms with Crippen LogP contribution in [0.5, 0.6) is 0 Å². The highest BCUT2D eigenvalue weighted by molar-refractivity contribution is 5.93. The second kappa shape index (κ2) is 11.3. The van der Waals surface area contributed by atoms with Crippen molar-refractivity contribution in [3.05, 3.63) is 162 Å². The Kier molecular flexibility index (Phi) is 6.53. The summed E-state index contributed by atoms with van der Waals surface area (Å²) in [6, 6.07) is 54.2. The molecule has 260 valence electrons. The zero-order valence-electron chi connectivity index (χ0n) is 30.6. The van der Waals surface area contributed by atoms with Gasteiger partial charge in [-0.15, -0.1) is 0 Å². The summed E-state index contributed by atoms with van der Waals surface area (Å²) < 4.78 is 0. The molecule has 0 aliphatic heterocycles. The van der Waals surface area contributed by atoms with Crippen molar-refractivity contribution in [2.75, 3.05) is 4.90 Å². The molecular formula is C52H47N. The fourth-order valence-electron chi connectivity index (χ4n) is 13.5. The monoisotopic (exact) mass is 685 g/mol. The molecular weight excluding hydrogens is 639 g/mol. The molecule has 0 aromatic heterocycles. The molecule has 6 aromatic carbocycles. The molecule has 5 fully saturated rings. The Balaban J connectivity index is 1.10. The number of hydrogen-bond acceptors (Lipinski definition) is 1. The van der Waals surface area contributed by atoms with Crippen LogP contribution in [0.1, 0.15) is 86.5 Å². The first-order valence-corrected chi connectivity index (χ1v) is 20.7. The highest BCUT2D eigenvalue weighted by Crippen LogP contribution is 2.71. The van der Waals surface area contributed by atoms with Crippen molar-refractivity contribution in [1.82, 2.24) is 0 Å². The van der Waals surface area contributed by atoms with Crippen LogP contribution < -0.4 is 4.90 Å². The van der Waals surface area contributed by atoms with E-state index < -0.39 is 0 Å². The van der Waals surface area contributed by atoms with Crippen LogP contribution in [0.25, 0.3) is 33.4 Å². The van der Waals surface area contributed by atoms with E-state index in [1.165, 1.54) is 115 Å². The van der Waals surface area contributed by atoms with Gasteiger partial charge in [-0.2, -0.15) is 0 Å². The van der Waals surface area contributed by atoms with E-state index in [-0.39, 0.29) is 10.8 Å². The van der Waals surface area contributed by atoms with Crippen molar-refractivity contribution in [3.63, 3.8) is 0 Å². The fourth-order valence-corrected chi connectivity index (χ4v) is 13.5. The molecule has 0 unspecified atom stereocenters. The van der Waals surface area contributed by atoms with Crippen molar-refractivity contribution in [1.29, 1.82) is 0 Å². The van der Waals surface area contributed by atoms with Gasteiger partial charge in [-0.3, -0.25) is 0 Å². The molecule has 7 aliphatic rings. The minimum atomic E-state index is 0.0791. The number of benzene rings is 6. The second-order valence-electron chi connectivity index (χ2n) is 17.6. The van der Waals surface area contributed by atoms with Crippen LogP contribution in [-0.2, 0) is 10.8 Å². The van der Waals surface area contributed by atoms with Crippen molar-refractivity contribution in [3.8, 4) is 33.4 Å². The average molecular weight is 686 g/mol. The second-order valence-corrected chi connectivity index (χ2v) is 17.6. The van der Waals surface area contributed by atoms with Gasteiger partial charge in [0.15, 0.2) is 0 Å². The Hall–Kier alpha value is -4.88. The lowest BCUT2D eigenvalue weighted by Gasteiger charge is -2.61. The smallest absolute Gasteiger partial charge is 0.0509 e. The first-order chi connectivity index (χ1) is 26.2. The van der Waals surface area contributed by atoms with E-state index in [1.807, 2.05) is 0 Å². The molecule has 0 amide bonds. The maximum atomic E-state index is 2.69. The van der Waals surface area contributed by atoms with Crippen LogP contribution in [0.4, 0.5) is 17.1 Å². The molecule has 0 atom stereocenters. The topological polar surface area (TPSA) is 3.24 Å². The van der Waals surface area contributed by atoms with Gasteiger partial charge in [0, 0.05) is 22.2 Å². The lowest BCUT2D eigenvalue weighted by atomic mass is 9.43. The summed E-state index contributed by atoms with van der Waals surface area (Å²) in [6.07, 6.45) is 13.5. The molecule has 0 N–H and O–H groups in total. The lowest BCUT2D eigenvalue weighted by molar-refractivity contribution is -0.0397. The van der Waals surface area contributed by atoms with Crippen LogP contribution >= 0.6 is 0 Å². The van der Waals surface area contributed by atoms with E-state index in [2.05, 4.69) is 144 Å². The minimum Gasteiger partial charge on any atom is -0.310 e. The molecule has 5 saturated carbocycles. The summed E-state index contributed by atoms with van der Waals surface area (Å²) >= 11 is 0. The highest BCUT2D eigenvalue weighted by Gasteiger charge is 2.62. The predicted octanol–water partition coefficient (Wildman–Crippen LogP) is 13.8. The predicted molar refractivity (Wildman–Crippen MR) is 219 cm³/mol. The van der Waals surface area contributed by atoms with E-state index in [0.717, 1.165) is 11.8 Å². The Morgan fingerprint density at radius 3 is 1.75 bits per heavy atom. The van der Waals surface area contributed by atoms with Gasteiger partial charge in [-0.25, -0.2) is 0 Å². The molecule has 4 bridgehead atoms. The minimum absolute atomic E-state index is 0.0791. The van der Waals surface area contributed by atoms with Crippen LogP contribution in [0.2, 0.25) is 0 Å². The molecule has 7 aliphatic carbocycles. The van der Waals surface area contributed by atoms with Gasteiger partial charge < -0.3 is 4.90 Å². The molecule has 0 heterocycles. The van der Waals surface area contributed by atoms with Gasteiger partial charge in [0.25, 0.3) is 0 Å². The van der Waals surface area contributed by atoms with Crippen LogP contribution in [-0.4, -0.2) is 0 Å². The zero-order chi connectivity index (χ0) is 34.7. The van der Waals surface area contributed by atoms with Crippen LogP contribution in [0, 0.1) is 23.7 Å². The Bertz CT molecular complexity index is 2370. The summed E-state index contributed by atoms with van der Waals surface area (Å²) in [7, 11) is 0. The Morgan fingerprint density at radius 2 is 1.02 bits per heavy atom. The van der Waals surface area contributed by atoms with Crippen molar-refractivity contribution < 1.29 is 0 Å². The molecule has 6 aromatic rings. The highest BCUT2D eigenvalue weighted by atomic mass is 15.1. The van der Waals surface area contributed by atoms with Crippen LogP contribution in [0.15, 0.2) is 140 Å². The maximum Gasteiger partial charge on any atom is 0.0509 e. The first kappa shape index (κ1) is 30.6. The summed E-state index contributed by atoms with van der Waals surface area (Å²) in [5.74, 6) is 3.26. The first-order valence-electron chi connectivity index (χ1n) is 20.7. The van der Waals surface area contributed by atoms with E-state index >= 15 is 0 Å². The quantitative estimate of drug-likeness (QED) is 0.179. The number of hydrogen-bond donors (Lipinski definition) is 0. The summed E-state index contributed by atoms with van der Waals surface area (Å²) in [4.78, 5) is 2.69. The normalized spacial score (nSPS) is 26.3. The van der Waals surface area contributed by atoms with Gasteiger partial charge in [0.1, 0.15) is 0 Å². The maximum absolute atomic E-state index is 2.69. The molecule has 2 spiro atoms. The Morgan fingerprint density at radius 1 is 0.434 bits per heavy atom. The third-order valence-corrected chi connectivity index (χ3v) is 15.2. The van der Waals surface area contributed by atoms with Gasteiger partial charge in [0.2, 0.25) is 0 Å². The molecule has 53 heavy (non-hydrogen) atoms. The van der Waals surface area contributed by atoms with Gasteiger partial charge in [0.05, 0.1) is 5.69 Å². The lowest BCUT2D eigenvalue weighted by Crippen LogP contribution is -2.55. The molecule has 1 heteroatoms. The average Bonchev–Trinajstić information content (AvgIpc) is 3.65. The van der Waals surface area contributed by atoms with Crippen molar-refractivity contribution in [2.24, 2.45) is 23.7 Å². The van der Waals surface area contributed by atoms with Gasteiger partial charge in [-0.05, 0) is 155 Å². The third kappa shape index (κ3) is 4.15. The Labute approximate surface area is 314 Å². The molecule has 0 radical (unpaired) electrons. The molecule has 1 nitrogen and oxygen atoms in total. The van der Waals surface area contributed by atoms with E-state index in [9.17, 15) is 0 Å².